The molecule has 1 aromatic rings. The Morgan fingerprint density at radius 1 is 1.41 bits per heavy atom. The first kappa shape index (κ1) is 14.4. The van der Waals surface area contributed by atoms with E-state index in [2.05, 4.69) is 22.7 Å². The Morgan fingerprint density at radius 3 is 2.86 bits per heavy atom. The maximum atomic E-state index is 12.0. The summed E-state index contributed by atoms with van der Waals surface area (Å²) < 4.78 is 0. The van der Waals surface area contributed by atoms with Gasteiger partial charge in [0.05, 0.1) is 4.92 Å². The van der Waals surface area contributed by atoms with Gasteiger partial charge in [-0.2, -0.15) is 5.10 Å². The van der Waals surface area contributed by atoms with Gasteiger partial charge in [0.2, 0.25) is 0 Å². The number of allylic oxidation sites excluding steroid dienone is 2. The highest BCUT2D eigenvalue weighted by molar-refractivity contribution is 5.95. The molecule has 1 amide bonds. The van der Waals surface area contributed by atoms with Gasteiger partial charge < -0.3 is 0 Å². The third-order valence-electron chi connectivity index (χ3n) is 4.43. The number of hydrogen-bond donors (Lipinski definition) is 1. The van der Waals surface area contributed by atoms with Crippen LogP contribution in [0.3, 0.4) is 0 Å². The second kappa shape index (κ2) is 5.71. The van der Waals surface area contributed by atoms with Gasteiger partial charge in [0.1, 0.15) is 0 Å². The van der Waals surface area contributed by atoms with Crippen molar-refractivity contribution < 1.29 is 9.72 Å². The van der Waals surface area contributed by atoms with Crippen LogP contribution < -0.4 is 5.43 Å². The smallest absolute Gasteiger partial charge is 0.267 e. The number of aryl methyl sites for hydroxylation is 1. The number of rotatable bonds is 4. The molecule has 0 radical (unpaired) electrons. The molecule has 3 rings (SSSR count). The minimum atomic E-state index is -0.489. The highest BCUT2D eigenvalue weighted by Crippen LogP contribution is 2.42. The first-order valence-corrected chi connectivity index (χ1v) is 7.31. The molecular formula is C16H17N3O3. The fourth-order valence-corrected chi connectivity index (χ4v) is 3.20. The number of benzene rings is 1. The molecule has 2 aliphatic rings. The lowest BCUT2D eigenvalue weighted by atomic mass is 9.95. The lowest BCUT2D eigenvalue weighted by Gasteiger charge is -2.11. The van der Waals surface area contributed by atoms with Crippen LogP contribution in [0.2, 0.25) is 0 Å². The maximum absolute atomic E-state index is 12.0. The summed E-state index contributed by atoms with van der Waals surface area (Å²) in [7, 11) is 0. The molecule has 22 heavy (non-hydrogen) atoms. The lowest BCUT2D eigenvalue weighted by Crippen LogP contribution is -2.19. The van der Waals surface area contributed by atoms with Crippen molar-refractivity contribution in [2.75, 3.05) is 0 Å². The van der Waals surface area contributed by atoms with Crippen LogP contribution in [0, 0.1) is 34.8 Å². The van der Waals surface area contributed by atoms with Crippen molar-refractivity contribution in [3.63, 3.8) is 0 Å². The monoisotopic (exact) mass is 299 g/mol. The normalized spacial score (nSPS) is 25.8. The van der Waals surface area contributed by atoms with Crippen molar-refractivity contribution in [3.8, 4) is 0 Å². The molecule has 1 aromatic carbocycles. The van der Waals surface area contributed by atoms with Gasteiger partial charge in [-0.25, -0.2) is 5.43 Å². The standard InChI is InChI=1S/C16H17N3O3/c1-10-2-4-13(8-15(10)19(21)22)16(20)18-17-9-14-7-11-3-5-12(14)6-11/h2-5,8-9,11-12,14H,6-7H2,1H3,(H,18,20)/b17-9+. The predicted octanol–water partition coefficient (Wildman–Crippen LogP) is 2.83. The number of carbonyl (C=O) groups is 1. The first-order valence-electron chi connectivity index (χ1n) is 7.31. The number of nitro benzene ring substituents is 1. The summed E-state index contributed by atoms with van der Waals surface area (Å²) in [6.45, 7) is 1.64. The summed E-state index contributed by atoms with van der Waals surface area (Å²) in [5.74, 6) is 1.13. The minimum absolute atomic E-state index is 0.0603. The van der Waals surface area contributed by atoms with Gasteiger partial charge in [-0.3, -0.25) is 14.9 Å². The number of carbonyl (C=O) groups excluding carboxylic acids is 1. The Morgan fingerprint density at radius 2 is 2.23 bits per heavy atom. The summed E-state index contributed by atoms with van der Waals surface area (Å²) in [6.07, 6.45) is 8.51. The number of nitro groups is 1. The zero-order valence-electron chi connectivity index (χ0n) is 12.2. The lowest BCUT2D eigenvalue weighted by molar-refractivity contribution is -0.385. The molecule has 0 heterocycles. The van der Waals surface area contributed by atoms with E-state index in [1.165, 1.54) is 12.5 Å². The Labute approximate surface area is 128 Å². The molecule has 2 aliphatic carbocycles. The predicted molar refractivity (Wildman–Crippen MR) is 82.6 cm³/mol. The van der Waals surface area contributed by atoms with Crippen LogP contribution in [-0.4, -0.2) is 17.0 Å². The Hall–Kier alpha value is -2.50. The molecule has 1 fully saturated rings. The van der Waals surface area contributed by atoms with Crippen molar-refractivity contribution in [1.82, 2.24) is 5.43 Å². The zero-order chi connectivity index (χ0) is 15.7. The molecule has 0 aliphatic heterocycles. The molecule has 1 N–H and O–H groups in total. The molecule has 3 unspecified atom stereocenters. The van der Waals surface area contributed by atoms with Crippen LogP contribution in [0.15, 0.2) is 35.5 Å². The molecule has 114 valence electrons. The van der Waals surface area contributed by atoms with Crippen LogP contribution in [0.1, 0.15) is 28.8 Å². The Bertz CT molecular complexity index is 681. The fourth-order valence-electron chi connectivity index (χ4n) is 3.20. The van der Waals surface area contributed by atoms with E-state index in [0.29, 0.717) is 23.3 Å². The van der Waals surface area contributed by atoms with Crippen LogP contribution in [-0.2, 0) is 0 Å². The molecule has 2 bridgehead atoms. The third-order valence-corrected chi connectivity index (χ3v) is 4.43. The number of nitrogens with zero attached hydrogens (tertiary/aromatic N) is 2. The zero-order valence-corrected chi connectivity index (χ0v) is 12.2. The molecule has 1 saturated carbocycles. The Balaban J connectivity index is 1.64. The largest absolute Gasteiger partial charge is 0.273 e. The summed E-state index contributed by atoms with van der Waals surface area (Å²) in [6, 6.07) is 4.41. The van der Waals surface area contributed by atoms with E-state index in [1.54, 1.807) is 25.3 Å². The van der Waals surface area contributed by atoms with Crippen molar-refractivity contribution in [3.05, 3.63) is 51.6 Å². The number of hydrazone groups is 1. The average molecular weight is 299 g/mol. The summed E-state index contributed by atoms with van der Waals surface area (Å²) in [5.41, 5.74) is 3.16. The van der Waals surface area contributed by atoms with Crippen molar-refractivity contribution in [2.24, 2.45) is 22.9 Å². The van der Waals surface area contributed by atoms with Crippen LogP contribution in [0.4, 0.5) is 5.69 Å². The number of fused-ring (bicyclic) bond motifs is 2. The quantitative estimate of drug-likeness (QED) is 0.401. The SMILES string of the molecule is Cc1ccc(C(=O)N/N=C/C2CC3C=CC2C3)cc1[N+](=O)[O-]. The summed E-state index contributed by atoms with van der Waals surface area (Å²) in [5, 5.41) is 14.9. The van der Waals surface area contributed by atoms with Crippen LogP contribution in [0.25, 0.3) is 0 Å². The van der Waals surface area contributed by atoms with Gasteiger partial charge in [0.25, 0.3) is 11.6 Å². The molecule has 0 spiro atoms. The summed E-state index contributed by atoms with van der Waals surface area (Å²) >= 11 is 0. The van der Waals surface area contributed by atoms with Gasteiger partial charge >= 0.3 is 0 Å². The molecule has 3 atom stereocenters. The first-order chi connectivity index (χ1) is 10.5. The number of nitrogens with one attached hydrogen (secondary N) is 1. The highest BCUT2D eigenvalue weighted by Gasteiger charge is 2.34. The highest BCUT2D eigenvalue weighted by atomic mass is 16.6. The minimum Gasteiger partial charge on any atom is -0.267 e. The van der Waals surface area contributed by atoms with E-state index in [0.717, 1.165) is 6.42 Å². The number of amides is 1. The maximum Gasteiger partial charge on any atom is 0.273 e. The van der Waals surface area contributed by atoms with Crippen molar-refractivity contribution in [1.29, 1.82) is 0 Å². The summed E-state index contributed by atoms with van der Waals surface area (Å²) in [4.78, 5) is 22.4. The second-order valence-electron chi connectivity index (χ2n) is 5.92. The van der Waals surface area contributed by atoms with Crippen LogP contribution in [0.5, 0.6) is 0 Å². The van der Waals surface area contributed by atoms with Gasteiger partial charge in [-0.15, -0.1) is 0 Å². The molecular weight excluding hydrogens is 282 g/mol. The van der Waals surface area contributed by atoms with Crippen molar-refractivity contribution >= 4 is 17.8 Å². The molecule has 6 heteroatoms. The second-order valence-corrected chi connectivity index (χ2v) is 5.92. The van der Waals surface area contributed by atoms with Crippen molar-refractivity contribution in [2.45, 2.75) is 19.8 Å². The third kappa shape index (κ3) is 2.77. The van der Waals surface area contributed by atoms with Gasteiger partial charge in [-0.1, -0.05) is 18.2 Å². The topological polar surface area (TPSA) is 84.6 Å². The van der Waals surface area contributed by atoms with E-state index in [1.807, 2.05) is 0 Å². The van der Waals surface area contributed by atoms with Crippen LogP contribution >= 0.6 is 0 Å². The van der Waals surface area contributed by atoms with E-state index in [-0.39, 0.29) is 11.3 Å². The molecule has 6 nitrogen and oxygen atoms in total. The Kier molecular flexibility index (Phi) is 3.75. The van der Waals surface area contributed by atoms with Gasteiger partial charge in [0.15, 0.2) is 0 Å². The van der Waals surface area contributed by atoms with E-state index in [9.17, 15) is 14.9 Å². The number of hydrogen-bond acceptors (Lipinski definition) is 4. The van der Waals surface area contributed by atoms with E-state index in [4.69, 9.17) is 0 Å². The van der Waals surface area contributed by atoms with Gasteiger partial charge in [-0.05, 0) is 37.7 Å². The molecule has 0 saturated heterocycles. The van der Waals surface area contributed by atoms with E-state index < -0.39 is 10.8 Å². The van der Waals surface area contributed by atoms with Gasteiger partial charge in [0, 0.05) is 29.3 Å². The van der Waals surface area contributed by atoms with E-state index >= 15 is 0 Å². The fraction of sp³-hybridized carbons (Fsp3) is 0.375. The average Bonchev–Trinajstić information content (AvgIpc) is 3.10. The molecule has 0 aromatic heterocycles.